The lowest BCUT2D eigenvalue weighted by Crippen LogP contribution is -2.05. The van der Waals surface area contributed by atoms with E-state index in [-0.39, 0.29) is 11.8 Å². The quantitative estimate of drug-likeness (QED) is 0.644. The smallest absolute Gasteiger partial charge is 0.271 e. The summed E-state index contributed by atoms with van der Waals surface area (Å²) in [5.74, 6) is 0.837. The van der Waals surface area contributed by atoms with E-state index in [2.05, 4.69) is 5.32 Å². The minimum atomic E-state index is -0.400. The molecule has 1 N–H and O–H groups in total. The fourth-order valence-electron chi connectivity index (χ4n) is 1.89. The van der Waals surface area contributed by atoms with Crippen LogP contribution in [0, 0.1) is 10.1 Å². The summed E-state index contributed by atoms with van der Waals surface area (Å²) in [5, 5.41) is 13.9. The van der Waals surface area contributed by atoms with Crippen LogP contribution in [0.5, 0.6) is 5.75 Å². The molecule has 110 valence electrons. The first-order chi connectivity index (χ1) is 10.0. The van der Waals surface area contributed by atoms with Crippen LogP contribution in [-0.2, 0) is 6.54 Å². The predicted octanol–water partition coefficient (Wildman–Crippen LogP) is 3.99. The predicted molar refractivity (Wildman–Crippen MR) is 82.6 cm³/mol. The van der Waals surface area contributed by atoms with Gasteiger partial charge in [-0.1, -0.05) is 18.2 Å². The molecule has 0 heterocycles. The Balaban J connectivity index is 1.96. The number of nitro groups is 1. The molecule has 2 aromatic rings. The van der Waals surface area contributed by atoms with Gasteiger partial charge in [0.15, 0.2) is 0 Å². The summed E-state index contributed by atoms with van der Waals surface area (Å²) in [7, 11) is 0. The van der Waals surface area contributed by atoms with E-state index in [1.54, 1.807) is 6.07 Å². The Bertz CT molecular complexity index is 609. The molecule has 0 saturated heterocycles. The standard InChI is InChI=1S/C16H18N2O3/c1-12(2)21-16-8-6-13(7-9-16)11-17-14-4-3-5-15(10-14)18(19)20/h3-10,12,17H,11H2,1-2H3. The van der Waals surface area contributed by atoms with Gasteiger partial charge in [0.25, 0.3) is 5.69 Å². The fraction of sp³-hybridized carbons (Fsp3) is 0.250. The molecule has 0 fully saturated rings. The summed E-state index contributed by atoms with van der Waals surface area (Å²) in [6, 6.07) is 14.3. The van der Waals surface area contributed by atoms with E-state index in [1.165, 1.54) is 12.1 Å². The van der Waals surface area contributed by atoms with Crippen molar-refractivity contribution >= 4 is 11.4 Å². The molecule has 0 bridgehead atoms. The number of benzene rings is 2. The molecule has 0 radical (unpaired) electrons. The SMILES string of the molecule is CC(C)Oc1ccc(CNc2cccc([N+](=O)[O-])c2)cc1. The molecule has 0 spiro atoms. The van der Waals surface area contributed by atoms with Gasteiger partial charge in [-0.3, -0.25) is 10.1 Å². The van der Waals surface area contributed by atoms with Gasteiger partial charge >= 0.3 is 0 Å². The number of non-ortho nitro benzene ring substituents is 1. The number of rotatable bonds is 6. The Labute approximate surface area is 123 Å². The number of nitrogens with one attached hydrogen (secondary N) is 1. The summed E-state index contributed by atoms with van der Waals surface area (Å²) >= 11 is 0. The number of ether oxygens (including phenoxy) is 1. The molecule has 0 aliphatic rings. The topological polar surface area (TPSA) is 64.4 Å². The Kier molecular flexibility index (Phi) is 4.77. The second-order valence-corrected chi connectivity index (χ2v) is 4.97. The molecule has 0 atom stereocenters. The molecular formula is C16H18N2O3. The van der Waals surface area contributed by atoms with Gasteiger partial charge in [-0.15, -0.1) is 0 Å². The Morgan fingerprint density at radius 3 is 2.52 bits per heavy atom. The molecule has 0 aromatic heterocycles. The zero-order chi connectivity index (χ0) is 15.2. The number of hydrogen-bond donors (Lipinski definition) is 1. The average molecular weight is 286 g/mol. The van der Waals surface area contributed by atoms with Crippen molar-refractivity contribution in [3.63, 3.8) is 0 Å². The second kappa shape index (κ2) is 6.74. The number of nitro benzene ring substituents is 1. The van der Waals surface area contributed by atoms with Crippen LogP contribution in [0.4, 0.5) is 11.4 Å². The van der Waals surface area contributed by atoms with Crippen molar-refractivity contribution in [3.05, 3.63) is 64.2 Å². The van der Waals surface area contributed by atoms with E-state index in [4.69, 9.17) is 4.74 Å². The third-order valence-corrected chi connectivity index (χ3v) is 2.85. The second-order valence-electron chi connectivity index (χ2n) is 4.97. The molecule has 5 nitrogen and oxygen atoms in total. The van der Waals surface area contributed by atoms with E-state index < -0.39 is 4.92 Å². The van der Waals surface area contributed by atoms with Crippen molar-refractivity contribution < 1.29 is 9.66 Å². The van der Waals surface area contributed by atoms with E-state index in [0.29, 0.717) is 6.54 Å². The van der Waals surface area contributed by atoms with Gasteiger partial charge < -0.3 is 10.1 Å². The molecule has 0 aliphatic heterocycles. The first kappa shape index (κ1) is 14.8. The third kappa shape index (κ3) is 4.49. The highest BCUT2D eigenvalue weighted by Crippen LogP contribution is 2.19. The largest absolute Gasteiger partial charge is 0.491 e. The molecule has 2 aromatic carbocycles. The number of anilines is 1. The molecule has 0 unspecified atom stereocenters. The Morgan fingerprint density at radius 1 is 1.19 bits per heavy atom. The van der Waals surface area contributed by atoms with Crippen molar-refractivity contribution in [2.75, 3.05) is 5.32 Å². The first-order valence-corrected chi connectivity index (χ1v) is 6.78. The summed E-state index contributed by atoms with van der Waals surface area (Å²) in [6.45, 7) is 4.57. The lowest BCUT2D eigenvalue weighted by molar-refractivity contribution is -0.384. The summed E-state index contributed by atoms with van der Waals surface area (Å²) < 4.78 is 5.58. The van der Waals surface area contributed by atoms with Crippen molar-refractivity contribution in [2.45, 2.75) is 26.5 Å². The Morgan fingerprint density at radius 2 is 1.90 bits per heavy atom. The van der Waals surface area contributed by atoms with Crippen molar-refractivity contribution in [3.8, 4) is 5.75 Å². The molecule has 2 rings (SSSR count). The molecule has 0 amide bonds. The lowest BCUT2D eigenvalue weighted by Gasteiger charge is -2.11. The molecule has 21 heavy (non-hydrogen) atoms. The zero-order valence-electron chi connectivity index (χ0n) is 12.1. The van der Waals surface area contributed by atoms with Crippen LogP contribution in [0.2, 0.25) is 0 Å². The van der Waals surface area contributed by atoms with E-state index in [1.807, 2.05) is 44.2 Å². The molecule has 5 heteroatoms. The average Bonchev–Trinajstić information content (AvgIpc) is 2.46. The van der Waals surface area contributed by atoms with Crippen molar-refractivity contribution in [1.29, 1.82) is 0 Å². The molecule has 0 saturated carbocycles. The monoisotopic (exact) mass is 286 g/mol. The van der Waals surface area contributed by atoms with Gasteiger partial charge in [0.2, 0.25) is 0 Å². The fourth-order valence-corrected chi connectivity index (χ4v) is 1.89. The van der Waals surface area contributed by atoms with Crippen LogP contribution in [-0.4, -0.2) is 11.0 Å². The van der Waals surface area contributed by atoms with Gasteiger partial charge in [-0.2, -0.15) is 0 Å². The molecule has 0 aliphatic carbocycles. The highest BCUT2D eigenvalue weighted by Gasteiger charge is 2.05. The lowest BCUT2D eigenvalue weighted by atomic mass is 10.2. The minimum Gasteiger partial charge on any atom is -0.491 e. The molecular weight excluding hydrogens is 268 g/mol. The maximum Gasteiger partial charge on any atom is 0.271 e. The van der Waals surface area contributed by atoms with Crippen LogP contribution < -0.4 is 10.1 Å². The summed E-state index contributed by atoms with van der Waals surface area (Å²) in [6.07, 6.45) is 0.152. The van der Waals surface area contributed by atoms with Gasteiger partial charge in [0, 0.05) is 24.4 Å². The van der Waals surface area contributed by atoms with Gasteiger partial charge in [0.1, 0.15) is 5.75 Å². The van der Waals surface area contributed by atoms with Gasteiger partial charge in [-0.05, 0) is 37.6 Å². The highest BCUT2D eigenvalue weighted by molar-refractivity contribution is 5.51. The number of nitrogens with zero attached hydrogens (tertiary/aromatic N) is 1. The van der Waals surface area contributed by atoms with E-state index in [0.717, 1.165) is 17.0 Å². The maximum atomic E-state index is 10.7. The first-order valence-electron chi connectivity index (χ1n) is 6.78. The van der Waals surface area contributed by atoms with Crippen LogP contribution in [0.3, 0.4) is 0 Å². The maximum absolute atomic E-state index is 10.7. The van der Waals surface area contributed by atoms with Gasteiger partial charge in [0.05, 0.1) is 11.0 Å². The van der Waals surface area contributed by atoms with E-state index >= 15 is 0 Å². The van der Waals surface area contributed by atoms with Crippen molar-refractivity contribution in [1.82, 2.24) is 0 Å². The Hall–Kier alpha value is -2.56. The number of hydrogen-bond acceptors (Lipinski definition) is 4. The van der Waals surface area contributed by atoms with Crippen LogP contribution in [0.1, 0.15) is 19.4 Å². The van der Waals surface area contributed by atoms with Crippen molar-refractivity contribution in [2.24, 2.45) is 0 Å². The third-order valence-electron chi connectivity index (χ3n) is 2.85. The van der Waals surface area contributed by atoms with Crippen LogP contribution >= 0.6 is 0 Å². The summed E-state index contributed by atoms with van der Waals surface area (Å²) in [4.78, 5) is 10.3. The zero-order valence-corrected chi connectivity index (χ0v) is 12.1. The normalized spacial score (nSPS) is 10.4. The summed E-state index contributed by atoms with van der Waals surface area (Å²) in [5.41, 5.74) is 1.89. The van der Waals surface area contributed by atoms with E-state index in [9.17, 15) is 10.1 Å². The van der Waals surface area contributed by atoms with Crippen LogP contribution in [0.15, 0.2) is 48.5 Å². The van der Waals surface area contributed by atoms with Crippen LogP contribution in [0.25, 0.3) is 0 Å². The highest BCUT2D eigenvalue weighted by atomic mass is 16.6. The minimum absolute atomic E-state index is 0.0840. The van der Waals surface area contributed by atoms with Gasteiger partial charge in [-0.25, -0.2) is 0 Å².